The van der Waals surface area contributed by atoms with E-state index in [4.69, 9.17) is 18.9 Å². The maximum atomic E-state index is 13.7. The highest BCUT2D eigenvalue weighted by molar-refractivity contribution is 6.30. The minimum absolute atomic E-state index is 0.0125. The zero-order valence-corrected chi connectivity index (χ0v) is 37.3. The molecule has 0 fully saturated rings. The summed E-state index contributed by atoms with van der Waals surface area (Å²) in [5.74, 6) is -2.35. The standard InChI is InChI=1S/C50H56N4O10/c1-31(2)47(57)61-25-21-51-49(59)63-27-23-53(41-19-9-33(5)29-35(41)7)39-15-11-37(12-16-39)43-45(55)44(46(43)56)38-13-17-40(18-14-38)54(42-20-10-34(6)30-36(42)8)24-28-64-50(60)52-22-26-62-48(58)32(3)4/h9-20,29-30,37,43H,1,3,21-28H2,2,4-8H3,(H2-,51,52,55,56,59,60)/p+1. The molecule has 0 saturated carbocycles. The number of hydrogen-bond acceptors (Lipinski definition) is 11. The third-order valence-corrected chi connectivity index (χ3v) is 10.5. The average Bonchev–Trinajstić information content (AvgIpc) is 3.25. The number of nitrogens with one attached hydrogen (secondary N) is 2. The van der Waals surface area contributed by atoms with E-state index in [1.54, 1.807) is 26.0 Å². The first-order valence-electron chi connectivity index (χ1n) is 21.0. The van der Waals surface area contributed by atoms with Crippen LogP contribution in [0.15, 0.2) is 115 Å². The molecule has 0 aliphatic heterocycles. The molecule has 14 nitrogen and oxygen atoms in total. The van der Waals surface area contributed by atoms with E-state index in [0.29, 0.717) is 18.7 Å². The molecule has 1 unspecified atom stereocenters. The fourth-order valence-electron chi connectivity index (χ4n) is 7.28. The Morgan fingerprint density at radius 2 is 1.27 bits per heavy atom. The number of alkyl carbamates (subject to hydrolysis) is 2. The number of amides is 2. The minimum atomic E-state index is -0.742. The summed E-state index contributed by atoms with van der Waals surface area (Å²) in [7, 11) is 0. The van der Waals surface area contributed by atoms with Gasteiger partial charge < -0.3 is 39.6 Å². The van der Waals surface area contributed by atoms with Crippen LogP contribution in [0.4, 0.5) is 26.7 Å². The lowest BCUT2D eigenvalue weighted by Crippen LogP contribution is -2.36. The highest BCUT2D eigenvalue weighted by Crippen LogP contribution is 2.43. The number of rotatable bonds is 19. The molecule has 2 amide bonds. The van der Waals surface area contributed by atoms with E-state index in [1.165, 1.54) is 0 Å². The topological polar surface area (TPSA) is 173 Å². The Bertz CT molecular complexity index is 2410. The summed E-state index contributed by atoms with van der Waals surface area (Å²) in [5.41, 5.74) is 9.06. The van der Waals surface area contributed by atoms with Gasteiger partial charge in [-0.1, -0.05) is 66.8 Å². The van der Waals surface area contributed by atoms with E-state index in [0.717, 1.165) is 45.0 Å². The molecule has 0 spiro atoms. The summed E-state index contributed by atoms with van der Waals surface area (Å²) in [6.45, 7) is 19.1. The number of ketones is 1. The molecule has 0 aromatic heterocycles. The van der Waals surface area contributed by atoms with Crippen LogP contribution in [0, 0.1) is 39.5 Å². The Morgan fingerprint density at radius 3 is 1.80 bits per heavy atom. The quantitative estimate of drug-likeness (QED) is 0.0354. The van der Waals surface area contributed by atoms with Crippen LogP contribution in [0.1, 0.15) is 41.7 Å². The number of Topliss-reactive ketones (excluding diaryl/α,β-unsaturated/α-hetero) is 1. The highest BCUT2D eigenvalue weighted by Gasteiger charge is 2.44. The first kappa shape index (κ1) is 47.8. The molecule has 0 saturated heterocycles. The number of carbonyl (C=O) groups excluding carboxylic acids is 5. The van der Waals surface area contributed by atoms with Crippen molar-refractivity contribution in [2.75, 3.05) is 57.5 Å². The molecule has 3 aromatic carbocycles. The van der Waals surface area contributed by atoms with Gasteiger partial charge >= 0.3 is 24.1 Å². The van der Waals surface area contributed by atoms with E-state index < -0.39 is 30.0 Å². The monoisotopic (exact) mass is 873 g/mol. The molecule has 2 aliphatic rings. The van der Waals surface area contributed by atoms with Gasteiger partial charge in [0.25, 0.3) is 0 Å². The number of aliphatic hydroxyl groups excluding tert-OH is 1. The number of aryl methyl sites for hydroxylation is 4. The van der Waals surface area contributed by atoms with Crippen molar-refractivity contribution < 1.29 is 52.6 Å². The Kier molecular flexibility index (Phi) is 16.6. The Morgan fingerprint density at radius 1 is 0.719 bits per heavy atom. The van der Waals surface area contributed by atoms with Crippen molar-refractivity contribution in [1.82, 2.24) is 10.6 Å². The lowest BCUT2D eigenvalue weighted by Gasteiger charge is -2.32. The molecule has 0 bridgehead atoms. The molecule has 0 heterocycles. The van der Waals surface area contributed by atoms with Gasteiger partial charge in [0.1, 0.15) is 25.6 Å². The normalized spacial score (nSPS) is 15.2. The fourth-order valence-corrected chi connectivity index (χ4v) is 7.28. The second-order valence-electron chi connectivity index (χ2n) is 15.7. The van der Waals surface area contributed by atoms with E-state index in [-0.39, 0.29) is 73.7 Å². The van der Waals surface area contributed by atoms with Gasteiger partial charge in [0.15, 0.2) is 18.9 Å². The fraction of sp³-hybridized carbons (Fsp3) is 0.320. The third kappa shape index (κ3) is 12.5. The van der Waals surface area contributed by atoms with Crippen molar-refractivity contribution in [1.29, 1.82) is 0 Å². The molecule has 2 aliphatic carbocycles. The number of ether oxygens (including phenoxy) is 4. The van der Waals surface area contributed by atoms with Crippen LogP contribution in [0.5, 0.6) is 0 Å². The molecule has 3 aromatic rings. The lowest BCUT2D eigenvalue weighted by atomic mass is 9.71. The summed E-state index contributed by atoms with van der Waals surface area (Å²) < 4.78 is 22.9. The van der Waals surface area contributed by atoms with Crippen molar-refractivity contribution in [3.63, 3.8) is 0 Å². The Labute approximate surface area is 374 Å². The second kappa shape index (κ2) is 22.2. The first-order valence-corrected chi connectivity index (χ1v) is 21.0. The van der Waals surface area contributed by atoms with Gasteiger partial charge in [0, 0.05) is 52.2 Å². The zero-order valence-electron chi connectivity index (χ0n) is 37.3. The molecule has 336 valence electrons. The molecule has 3 N–H and O–H groups in total. The number of benzene rings is 3. The number of esters is 2. The smallest absolute Gasteiger partial charge is 0.407 e. The average molecular weight is 874 g/mol. The van der Waals surface area contributed by atoms with Gasteiger partial charge in [0.2, 0.25) is 11.4 Å². The number of nitrogens with zero attached hydrogens (tertiary/aromatic N) is 2. The number of anilines is 2. The third-order valence-electron chi connectivity index (χ3n) is 10.5. The SMILES string of the molecule is C=C(C)C(=O)OCCNC(=O)OCCN(c1ccc(C2=C(O)C(C3C=CC(=[N+](CCOC(=O)NCCOC(=O)C(=C)C)c4ccc(C)cc4C)C=C3)C2=O)cc1)c1ccc(C)cc1C. The summed E-state index contributed by atoms with van der Waals surface area (Å²) in [4.78, 5) is 63.7. The molecule has 14 heteroatoms. The lowest BCUT2D eigenvalue weighted by molar-refractivity contribution is -0.442. The predicted molar refractivity (Wildman–Crippen MR) is 245 cm³/mol. The maximum Gasteiger partial charge on any atom is 0.407 e. The van der Waals surface area contributed by atoms with Crippen LogP contribution in [-0.4, -0.2) is 97.9 Å². The van der Waals surface area contributed by atoms with E-state index in [2.05, 4.69) is 35.9 Å². The Balaban J connectivity index is 1.25. The zero-order chi connectivity index (χ0) is 46.5. The largest absolute Gasteiger partial charge is 0.511 e. The summed E-state index contributed by atoms with van der Waals surface area (Å²) in [5, 5.41) is 16.5. The van der Waals surface area contributed by atoms with Crippen molar-refractivity contribution in [2.45, 2.75) is 41.5 Å². The van der Waals surface area contributed by atoms with Gasteiger partial charge in [-0.3, -0.25) is 4.79 Å². The maximum absolute atomic E-state index is 13.7. The van der Waals surface area contributed by atoms with Gasteiger partial charge in [-0.15, -0.1) is 0 Å². The molecular weight excluding hydrogens is 817 g/mol. The predicted octanol–water partition coefficient (Wildman–Crippen LogP) is 7.74. The summed E-state index contributed by atoms with van der Waals surface area (Å²) in [6.07, 6.45) is 6.31. The van der Waals surface area contributed by atoms with Crippen molar-refractivity contribution >= 4 is 58.3 Å². The number of hydrogen-bond donors (Lipinski definition) is 3. The van der Waals surface area contributed by atoms with E-state index >= 15 is 0 Å². The van der Waals surface area contributed by atoms with Crippen LogP contribution in [0.3, 0.4) is 0 Å². The van der Waals surface area contributed by atoms with Gasteiger partial charge in [-0.2, -0.15) is 4.58 Å². The first-order chi connectivity index (χ1) is 30.5. The van der Waals surface area contributed by atoms with E-state index in [9.17, 15) is 29.1 Å². The second-order valence-corrected chi connectivity index (χ2v) is 15.7. The molecular formula is C50H57N4O10+. The van der Waals surface area contributed by atoms with Crippen LogP contribution in [-0.2, 0) is 33.3 Å². The van der Waals surface area contributed by atoms with Gasteiger partial charge in [-0.05, 0) is 76.9 Å². The molecule has 64 heavy (non-hydrogen) atoms. The summed E-state index contributed by atoms with van der Waals surface area (Å²) >= 11 is 0. The number of carbonyl (C=O) groups is 5. The highest BCUT2D eigenvalue weighted by atomic mass is 16.6. The van der Waals surface area contributed by atoms with Crippen LogP contribution < -0.4 is 15.5 Å². The minimum Gasteiger partial charge on any atom is -0.511 e. The van der Waals surface area contributed by atoms with Crippen LogP contribution >= 0.6 is 0 Å². The van der Waals surface area contributed by atoms with Crippen LogP contribution in [0.25, 0.3) is 5.57 Å². The van der Waals surface area contributed by atoms with Gasteiger partial charge in [0.05, 0.1) is 31.1 Å². The molecule has 5 rings (SSSR count). The van der Waals surface area contributed by atoms with Crippen molar-refractivity contribution in [3.05, 3.63) is 143 Å². The number of aliphatic hydroxyl groups is 1. The summed E-state index contributed by atoms with van der Waals surface area (Å²) in [6, 6.07) is 19.5. The van der Waals surface area contributed by atoms with Gasteiger partial charge in [-0.25, -0.2) is 19.2 Å². The number of allylic oxidation sites excluding steroid dienone is 6. The molecule has 0 radical (unpaired) electrons. The Hall–Kier alpha value is -7.22. The van der Waals surface area contributed by atoms with E-state index in [1.807, 2.05) is 97.9 Å². The molecule has 1 atom stereocenters. The van der Waals surface area contributed by atoms with Crippen molar-refractivity contribution in [3.8, 4) is 0 Å². The van der Waals surface area contributed by atoms with Crippen molar-refractivity contribution in [2.24, 2.45) is 11.8 Å². The van der Waals surface area contributed by atoms with Crippen LogP contribution in [0.2, 0.25) is 0 Å².